The van der Waals surface area contributed by atoms with Crippen LogP contribution in [0.1, 0.15) is 16.8 Å². The Morgan fingerprint density at radius 3 is 2.95 bits per heavy atom. The van der Waals surface area contributed by atoms with Crippen molar-refractivity contribution in [1.29, 1.82) is 0 Å². The number of carbonyl (C=O) groups excluding carboxylic acids is 1. The zero-order valence-corrected chi connectivity index (χ0v) is 11.3. The van der Waals surface area contributed by atoms with Crippen LogP contribution in [0.4, 0.5) is 0 Å². The Morgan fingerprint density at radius 1 is 1.58 bits per heavy atom. The number of phenols is 1. The number of methoxy groups -OCH3 is 1. The summed E-state index contributed by atoms with van der Waals surface area (Å²) in [4.78, 5) is 14.2. The van der Waals surface area contributed by atoms with E-state index in [0.717, 1.165) is 19.5 Å². The minimum absolute atomic E-state index is 0.0552. The number of likely N-dealkylation sites (tertiary alicyclic amines) is 1. The molecule has 0 aromatic heterocycles. The molecule has 1 aliphatic rings. The highest BCUT2D eigenvalue weighted by molar-refractivity contribution is 5.97. The van der Waals surface area contributed by atoms with Gasteiger partial charge in [0.2, 0.25) is 0 Å². The van der Waals surface area contributed by atoms with Gasteiger partial charge in [-0.05, 0) is 38.1 Å². The van der Waals surface area contributed by atoms with Gasteiger partial charge in [0, 0.05) is 19.2 Å². The Hall–Kier alpha value is -1.75. The molecule has 19 heavy (non-hydrogen) atoms. The van der Waals surface area contributed by atoms with E-state index >= 15 is 0 Å². The first-order valence-corrected chi connectivity index (χ1v) is 6.44. The second-order valence-corrected chi connectivity index (χ2v) is 5.01. The Balaban J connectivity index is 1.92. The standard InChI is InChI=1S/C14H20N2O3/c1-16-6-5-10(9-16)8-15-14(18)12-4-3-11(19-2)7-13(12)17/h3-4,7,10,17H,5-6,8-9H2,1-2H3,(H,15,18)/t10-/m0/s1. The van der Waals surface area contributed by atoms with Crippen LogP contribution >= 0.6 is 0 Å². The fraction of sp³-hybridized carbons (Fsp3) is 0.500. The maximum atomic E-state index is 12.0. The summed E-state index contributed by atoms with van der Waals surface area (Å²) in [5.41, 5.74) is 0.284. The molecular weight excluding hydrogens is 244 g/mol. The first kappa shape index (κ1) is 13.7. The highest BCUT2D eigenvalue weighted by Crippen LogP contribution is 2.23. The van der Waals surface area contributed by atoms with Crippen molar-refractivity contribution in [3.8, 4) is 11.5 Å². The molecule has 1 atom stereocenters. The van der Waals surface area contributed by atoms with Crippen LogP contribution in [0.5, 0.6) is 11.5 Å². The van der Waals surface area contributed by atoms with E-state index in [2.05, 4.69) is 17.3 Å². The van der Waals surface area contributed by atoms with Crippen LogP contribution in [0.25, 0.3) is 0 Å². The average molecular weight is 264 g/mol. The van der Waals surface area contributed by atoms with Gasteiger partial charge in [0.05, 0.1) is 12.7 Å². The van der Waals surface area contributed by atoms with Gasteiger partial charge in [0.1, 0.15) is 11.5 Å². The molecule has 2 rings (SSSR count). The van der Waals surface area contributed by atoms with Crippen LogP contribution in [0.3, 0.4) is 0 Å². The van der Waals surface area contributed by atoms with Gasteiger partial charge in [-0.25, -0.2) is 0 Å². The van der Waals surface area contributed by atoms with Gasteiger partial charge >= 0.3 is 0 Å². The van der Waals surface area contributed by atoms with Crippen LogP contribution in [-0.4, -0.2) is 49.7 Å². The fourth-order valence-corrected chi connectivity index (χ4v) is 2.36. The monoisotopic (exact) mass is 264 g/mol. The Kier molecular flexibility index (Phi) is 4.27. The number of hydrogen-bond donors (Lipinski definition) is 2. The largest absolute Gasteiger partial charge is 0.507 e. The third-order valence-electron chi connectivity index (χ3n) is 3.49. The number of nitrogens with one attached hydrogen (secondary N) is 1. The highest BCUT2D eigenvalue weighted by atomic mass is 16.5. The topological polar surface area (TPSA) is 61.8 Å². The highest BCUT2D eigenvalue weighted by Gasteiger charge is 2.20. The Morgan fingerprint density at radius 2 is 2.37 bits per heavy atom. The van der Waals surface area contributed by atoms with Crippen LogP contribution in [0, 0.1) is 5.92 Å². The summed E-state index contributed by atoms with van der Waals surface area (Å²) in [6.45, 7) is 2.73. The summed E-state index contributed by atoms with van der Waals surface area (Å²) in [6.07, 6.45) is 1.10. The third-order valence-corrected chi connectivity index (χ3v) is 3.49. The summed E-state index contributed by atoms with van der Waals surface area (Å²) in [7, 11) is 3.60. The smallest absolute Gasteiger partial charge is 0.255 e. The molecule has 5 nitrogen and oxygen atoms in total. The number of carbonyl (C=O) groups is 1. The molecule has 0 radical (unpaired) electrons. The molecule has 1 aliphatic heterocycles. The van der Waals surface area contributed by atoms with E-state index in [1.165, 1.54) is 13.2 Å². The first-order valence-electron chi connectivity index (χ1n) is 6.44. The van der Waals surface area contributed by atoms with Crippen LogP contribution in [0.2, 0.25) is 0 Å². The van der Waals surface area contributed by atoms with Crippen molar-refractivity contribution >= 4 is 5.91 Å². The van der Waals surface area contributed by atoms with E-state index in [1.807, 2.05) is 0 Å². The zero-order valence-electron chi connectivity index (χ0n) is 11.3. The maximum Gasteiger partial charge on any atom is 0.255 e. The minimum Gasteiger partial charge on any atom is -0.507 e. The van der Waals surface area contributed by atoms with Crippen molar-refractivity contribution in [2.45, 2.75) is 6.42 Å². The van der Waals surface area contributed by atoms with Crippen LogP contribution < -0.4 is 10.1 Å². The molecule has 1 heterocycles. The van der Waals surface area contributed by atoms with E-state index < -0.39 is 0 Å². The molecule has 0 spiro atoms. The van der Waals surface area contributed by atoms with Crippen molar-refractivity contribution in [2.24, 2.45) is 5.92 Å². The number of rotatable bonds is 4. The number of amides is 1. The van der Waals surface area contributed by atoms with Gasteiger partial charge in [-0.3, -0.25) is 4.79 Å². The summed E-state index contributed by atoms with van der Waals surface area (Å²) in [5.74, 6) is 0.732. The quantitative estimate of drug-likeness (QED) is 0.854. The normalized spacial score (nSPS) is 19.4. The first-order chi connectivity index (χ1) is 9.10. The zero-order chi connectivity index (χ0) is 13.8. The van der Waals surface area contributed by atoms with E-state index in [9.17, 15) is 9.90 Å². The molecule has 0 aliphatic carbocycles. The lowest BCUT2D eigenvalue weighted by Gasteiger charge is -2.12. The summed E-state index contributed by atoms with van der Waals surface area (Å²) in [5, 5.41) is 12.7. The number of hydrogen-bond acceptors (Lipinski definition) is 4. The van der Waals surface area contributed by atoms with Gasteiger partial charge < -0.3 is 20.1 Å². The molecule has 1 fully saturated rings. The SMILES string of the molecule is COc1ccc(C(=O)NC[C@@H]2CCN(C)C2)c(O)c1. The molecule has 1 amide bonds. The maximum absolute atomic E-state index is 12.0. The molecule has 1 aromatic carbocycles. The lowest BCUT2D eigenvalue weighted by atomic mass is 10.1. The van der Waals surface area contributed by atoms with E-state index in [1.54, 1.807) is 12.1 Å². The van der Waals surface area contributed by atoms with Crippen molar-refractivity contribution in [3.63, 3.8) is 0 Å². The Bertz CT molecular complexity index is 462. The lowest BCUT2D eigenvalue weighted by Crippen LogP contribution is -2.30. The summed E-state index contributed by atoms with van der Waals surface area (Å²) >= 11 is 0. The molecule has 0 bridgehead atoms. The Labute approximate surface area is 113 Å². The van der Waals surface area contributed by atoms with Gasteiger partial charge in [-0.1, -0.05) is 0 Å². The van der Waals surface area contributed by atoms with E-state index in [4.69, 9.17) is 4.74 Å². The molecule has 5 heteroatoms. The van der Waals surface area contributed by atoms with Crippen molar-refractivity contribution in [1.82, 2.24) is 10.2 Å². The molecule has 104 valence electrons. The second-order valence-electron chi connectivity index (χ2n) is 5.01. The van der Waals surface area contributed by atoms with Gasteiger partial charge in [-0.2, -0.15) is 0 Å². The number of benzene rings is 1. The molecule has 2 N–H and O–H groups in total. The molecule has 1 aromatic rings. The summed E-state index contributed by atoms with van der Waals surface area (Å²) < 4.78 is 4.99. The minimum atomic E-state index is -0.241. The summed E-state index contributed by atoms with van der Waals surface area (Å²) in [6, 6.07) is 4.68. The molecule has 1 saturated heterocycles. The molecule has 0 saturated carbocycles. The van der Waals surface area contributed by atoms with E-state index in [-0.39, 0.29) is 17.2 Å². The van der Waals surface area contributed by atoms with Crippen LogP contribution in [0.15, 0.2) is 18.2 Å². The van der Waals surface area contributed by atoms with Crippen LogP contribution in [-0.2, 0) is 0 Å². The molecular formula is C14H20N2O3. The number of ether oxygens (including phenoxy) is 1. The number of aromatic hydroxyl groups is 1. The van der Waals surface area contributed by atoms with Gasteiger partial charge in [-0.15, -0.1) is 0 Å². The van der Waals surface area contributed by atoms with Gasteiger partial charge in [0.25, 0.3) is 5.91 Å². The second kappa shape index (κ2) is 5.93. The average Bonchev–Trinajstić information content (AvgIpc) is 2.81. The van der Waals surface area contributed by atoms with Gasteiger partial charge in [0.15, 0.2) is 0 Å². The van der Waals surface area contributed by atoms with Crippen molar-refractivity contribution in [3.05, 3.63) is 23.8 Å². The van der Waals surface area contributed by atoms with Crippen molar-refractivity contribution in [2.75, 3.05) is 33.8 Å². The predicted octanol–water partition coefficient (Wildman–Crippen LogP) is 1.08. The number of nitrogens with zero attached hydrogens (tertiary/aromatic N) is 1. The predicted molar refractivity (Wildman–Crippen MR) is 72.6 cm³/mol. The van der Waals surface area contributed by atoms with Crippen molar-refractivity contribution < 1.29 is 14.6 Å². The lowest BCUT2D eigenvalue weighted by molar-refractivity contribution is 0.0945. The molecule has 0 unspecified atom stereocenters. The fourth-order valence-electron chi connectivity index (χ4n) is 2.36. The van der Waals surface area contributed by atoms with E-state index in [0.29, 0.717) is 18.2 Å². The number of phenolic OH excluding ortho intramolecular Hbond substituents is 1. The third kappa shape index (κ3) is 3.38.